The van der Waals surface area contributed by atoms with E-state index in [4.69, 9.17) is 4.42 Å². The van der Waals surface area contributed by atoms with Crippen LogP contribution in [0, 0.1) is 0 Å². The highest BCUT2D eigenvalue weighted by atomic mass is 16.3. The number of hydrogen-bond acceptors (Lipinski definition) is 4. The number of fused-ring (bicyclic) bond motifs is 1. The third-order valence-electron chi connectivity index (χ3n) is 5.90. The van der Waals surface area contributed by atoms with E-state index in [2.05, 4.69) is 24.3 Å². The summed E-state index contributed by atoms with van der Waals surface area (Å²) >= 11 is 0. The van der Waals surface area contributed by atoms with E-state index < -0.39 is 0 Å². The van der Waals surface area contributed by atoms with Gasteiger partial charge >= 0.3 is 0 Å². The number of rotatable bonds is 7. The van der Waals surface area contributed by atoms with Crippen LogP contribution in [-0.4, -0.2) is 34.4 Å². The Morgan fingerprint density at radius 1 is 1.07 bits per heavy atom. The highest BCUT2D eigenvalue weighted by molar-refractivity contribution is 5.78. The molecule has 156 valence electrons. The number of likely N-dealkylation sites (N-methyl/N-ethyl adjacent to an activating group) is 1. The van der Waals surface area contributed by atoms with Gasteiger partial charge in [-0.1, -0.05) is 42.5 Å². The van der Waals surface area contributed by atoms with Crippen molar-refractivity contribution >= 4 is 5.91 Å². The Morgan fingerprint density at radius 2 is 1.87 bits per heavy atom. The van der Waals surface area contributed by atoms with Gasteiger partial charge in [0.2, 0.25) is 5.91 Å². The van der Waals surface area contributed by atoms with Crippen molar-refractivity contribution in [3.8, 4) is 5.75 Å². The summed E-state index contributed by atoms with van der Waals surface area (Å²) in [5, 5.41) is 10.2. The molecule has 1 atom stereocenters. The normalized spacial score (nSPS) is 15.7. The zero-order valence-electron chi connectivity index (χ0n) is 17.3. The molecule has 0 fully saturated rings. The predicted molar refractivity (Wildman–Crippen MR) is 116 cm³/mol. The summed E-state index contributed by atoms with van der Waals surface area (Å²) in [5.41, 5.74) is 3.40. The van der Waals surface area contributed by atoms with Gasteiger partial charge in [0, 0.05) is 19.2 Å². The number of furan rings is 1. The number of amides is 1. The zero-order chi connectivity index (χ0) is 20.9. The topological polar surface area (TPSA) is 56.9 Å². The number of para-hydroxylation sites is 1. The van der Waals surface area contributed by atoms with Gasteiger partial charge in [0.05, 0.1) is 25.4 Å². The fourth-order valence-corrected chi connectivity index (χ4v) is 4.28. The van der Waals surface area contributed by atoms with Crippen molar-refractivity contribution in [2.75, 3.05) is 13.6 Å². The van der Waals surface area contributed by atoms with Crippen LogP contribution in [0.3, 0.4) is 0 Å². The van der Waals surface area contributed by atoms with Crippen molar-refractivity contribution in [3.05, 3.63) is 89.4 Å². The molecule has 0 saturated heterocycles. The smallest absolute Gasteiger partial charge is 0.237 e. The van der Waals surface area contributed by atoms with E-state index in [1.54, 1.807) is 18.4 Å². The number of aromatic hydroxyl groups is 1. The first-order valence-electron chi connectivity index (χ1n) is 10.5. The first-order valence-corrected chi connectivity index (χ1v) is 10.5. The Balaban J connectivity index is 1.50. The molecule has 0 radical (unpaired) electrons. The van der Waals surface area contributed by atoms with E-state index in [-0.39, 0.29) is 24.2 Å². The third-order valence-corrected chi connectivity index (χ3v) is 5.90. The fourth-order valence-electron chi connectivity index (χ4n) is 4.28. The summed E-state index contributed by atoms with van der Waals surface area (Å²) in [5.74, 6) is 1.10. The van der Waals surface area contributed by atoms with Crippen LogP contribution >= 0.6 is 0 Å². The second kappa shape index (κ2) is 9.18. The van der Waals surface area contributed by atoms with E-state index in [1.165, 1.54) is 11.1 Å². The molecule has 0 aliphatic heterocycles. The molecule has 1 aliphatic rings. The maximum absolute atomic E-state index is 13.3. The van der Waals surface area contributed by atoms with Crippen LogP contribution in [0.1, 0.15) is 41.3 Å². The van der Waals surface area contributed by atoms with Crippen LogP contribution in [0.4, 0.5) is 0 Å². The first-order chi connectivity index (χ1) is 14.6. The van der Waals surface area contributed by atoms with Gasteiger partial charge in [0.1, 0.15) is 11.5 Å². The van der Waals surface area contributed by atoms with E-state index in [0.717, 1.165) is 30.6 Å². The Labute approximate surface area is 177 Å². The van der Waals surface area contributed by atoms with Gasteiger partial charge in [0.25, 0.3) is 0 Å². The first kappa shape index (κ1) is 20.2. The lowest BCUT2D eigenvalue weighted by Gasteiger charge is -2.34. The molecule has 2 aromatic carbocycles. The maximum Gasteiger partial charge on any atom is 0.237 e. The summed E-state index contributed by atoms with van der Waals surface area (Å²) in [6, 6.07) is 19.6. The number of hydrogen-bond donors (Lipinski definition) is 1. The predicted octanol–water partition coefficient (Wildman–Crippen LogP) is 4.52. The van der Waals surface area contributed by atoms with Crippen LogP contribution in [0.15, 0.2) is 71.3 Å². The molecule has 4 rings (SSSR count). The number of phenolic OH excluding ortho intramolecular Hbond substituents is 1. The Kier molecular flexibility index (Phi) is 6.19. The molecule has 1 unspecified atom stereocenters. The quantitative estimate of drug-likeness (QED) is 0.629. The number of phenols is 1. The van der Waals surface area contributed by atoms with E-state index in [0.29, 0.717) is 13.1 Å². The Hall–Kier alpha value is -3.05. The van der Waals surface area contributed by atoms with Gasteiger partial charge in [-0.05, 0) is 48.6 Å². The average Bonchev–Trinajstić information content (AvgIpc) is 3.27. The molecular formula is C25H28N2O3. The molecule has 1 aromatic heterocycles. The molecule has 30 heavy (non-hydrogen) atoms. The molecule has 5 heteroatoms. The van der Waals surface area contributed by atoms with Gasteiger partial charge in [-0.2, -0.15) is 0 Å². The highest BCUT2D eigenvalue weighted by Gasteiger charge is 2.27. The largest absolute Gasteiger partial charge is 0.508 e. The van der Waals surface area contributed by atoms with E-state index in [9.17, 15) is 9.90 Å². The highest BCUT2D eigenvalue weighted by Crippen LogP contribution is 2.33. The number of carbonyl (C=O) groups is 1. The molecule has 1 aliphatic carbocycles. The molecule has 1 N–H and O–H groups in total. The Morgan fingerprint density at radius 3 is 2.67 bits per heavy atom. The molecule has 1 amide bonds. The fraction of sp³-hybridized carbons (Fsp3) is 0.320. The standard InChI is InChI=1S/C25H28N2O3/c1-26(23-13-6-10-19-8-2-4-12-22(19)23)25(29)18-27(17-21-11-7-15-30-21)16-20-9-3-5-14-24(20)28/h2-5,7-9,11-12,14-15,23,28H,6,10,13,16-18H2,1H3. The van der Waals surface area contributed by atoms with Crippen molar-refractivity contribution in [3.63, 3.8) is 0 Å². The second-order valence-corrected chi connectivity index (χ2v) is 7.96. The lowest BCUT2D eigenvalue weighted by Crippen LogP contribution is -2.40. The molecule has 0 bridgehead atoms. The zero-order valence-corrected chi connectivity index (χ0v) is 17.3. The number of nitrogens with zero attached hydrogens (tertiary/aromatic N) is 2. The van der Waals surface area contributed by atoms with Crippen LogP contribution < -0.4 is 0 Å². The molecule has 5 nitrogen and oxygen atoms in total. The van der Waals surface area contributed by atoms with Crippen LogP contribution in [0.2, 0.25) is 0 Å². The van der Waals surface area contributed by atoms with Crippen LogP contribution in [0.25, 0.3) is 0 Å². The van der Waals surface area contributed by atoms with Crippen molar-refractivity contribution in [2.24, 2.45) is 0 Å². The lowest BCUT2D eigenvalue weighted by molar-refractivity contribution is -0.134. The SMILES string of the molecule is CN(C(=O)CN(Cc1ccco1)Cc1ccccc1O)C1CCCc2ccccc21. The van der Waals surface area contributed by atoms with Gasteiger partial charge in [-0.25, -0.2) is 0 Å². The summed E-state index contributed by atoms with van der Waals surface area (Å²) in [7, 11) is 1.90. The Bertz CT molecular complexity index is 984. The second-order valence-electron chi connectivity index (χ2n) is 7.96. The number of aryl methyl sites for hydroxylation is 1. The lowest BCUT2D eigenvalue weighted by atomic mass is 9.87. The van der Waals surface area contributed by atoms with Gasteiger partial charge in [-0.3, -0.25) is 9.69 Å². The van der Waals surface area contributed by atoms with E-state index in [1.807, 2.05) is 41.1 Å². The van der Waals surface area contributed by atoms with Crippen LogP contribution in [0.5, 0.6) is 5.75 Å². The van der Waals surface area contributed by atoms with Crippen LogP contribution in [-0.2, 0) is 24.3 Å². The van der Waals surface area contributed by atoms with Gasteiger partial charge in [0.15, 0.2) is 0 Å². The van der Waals surface area contributed by atoms with Crippen molar-refractivity contribution in [2.45, 2.75) is 38.4 Å². The van der Waals surface area contributed by atoms with Gasteiger partial charge < -0.3 is 14.4 Å². The summed E-state index contributed by atoms with van der Waals surface area (Å²) < 4.78 is 5.51. The van der Waals surface area contributed by atoms with Gasteiger partial charge in [-0.15, -0.1) is 0 Å². The molecule has 3 aromatic rings. The monoisotopic (exact) mass is 404 g/mol. The minimum atomic E-state index is 0.0682. The third kappa shape index (κ3) is 4.57. The molecule has 0 spiro atoms. The van der Waals surface area contributed by atoms with Crippen molar-refractivity contribution in [1.82, 2.24) is 9.80 Å². The number of carbonyl (C=O) groups excluding carboxylic acids is 1. The average molecular weight is 405 g/mol. The maximum atomic E-state index is 13.3. The van der Waals surface area contributed by atoms with Crippen molar-refractivity contribution < 1.29 is 14.3 Å². The van der Waals surface area contributed by atoms with Crippen molar-refractivity contribution in [1.29, 1.82) is 0 Å². The minimum Gasteiger partial charge on any atom is -0.508 e. The molecule has 1 heterocycles. The summed E-state index contributed by atoms with van der Waals surface area (Å²) in [6.45, 7) is 1.22. The summed E-state index contributed by atoms with van der Waals surface area (Å²) in [6.07, 6.45) is 4.79. The number of benzene rings is 2. The molecular weight excluding hydrogens is 376 g/mol. The minimum absolute atomic E-state index is 0.0682. The summed E-state index contributed by atoms with van der Waals surface area (Å²) in [4.78, 5) is 17.2. The van der Waals surface area contributed by atoms with E-state index >= 15 is 0 Å². The molecule has 0 saturated carbocycles.